The summed E-state index contributed by atoms with van der Waals surface area (Å²) in [5.41, 5.74) is 7.56. The van der Waals surface area contributed by atoms with Crippen molar-refractivity contribution in [3.8, 4) is 45.7 Å². The maximum atomic E-state index is 6.52. The van der Waals surface area contributed by atoms with Gasteiger partial charge in [-0.2, -0.15) is 0 Å². The lowest BCUT2D eigenvalue weighted by Gasteiger charge is -2.17. The van der Waals surface area contributed by atoms with Crippen LogP contribution in [0.2, 0.25) is 0 Å². The number of nitrogens with zero attached hydrogens (tertiary/aromatic N) is 3. The molecule has 4 rings (SSSR count). The molecule has 5 heteroatoms. The predicted octanol–water partition coefficient (Wildman–Crippen LogP) is 11.3. The molecular formula is C41H55N3O2. The lowest BCUT2D eigenvalue weighted by molar-refractivity contribution is 0.275. The van der Waals surface area contributed by atoms with E-state index in [1.54, 1.807) is 0 Å². The second-order valence-electron chi connectivity index (χ2n) is 13.4. The van der Waals surface area contributed by atoms with Gasteiger partial charge in [0.2, 0.25) is 0 Å². The van der Waals surface area contributed by atoms with Crippen LogP contribution in [0.4, 0.5) is 0 Å². The first kappa shape index (κ1) is 35.1. The van der Waals surface area contributed by atoms with Crippen molar-refractivity contribution < 1.29 is 9.47 Å². The molecule has 0 N–H and O–H groups in total. The highest BCUT2D eigenvalue weighted by Gasteiger charge is 2.19. The Kier molecular flexibility index (Phi) is 13.2. The molecule has 0 amide bonds. The van der Waals surface area contributed by atoms with E-state index in [1.807, 2.05) is 12.1 Å². The first-order chi connectivity index (χ1) is 22.2. The zero-order chi connectivity index (χ0) is 33.1. The molecule has 5 nitrogen and oxygen atoms in total. The molecule has 4 aromatic rings. The minimum Gasteiger partial charge on any atom is -0.493 e. The molecule has 0 bridgehead atoms. The second-order valence-corrected chi connectivity index (χ2v) is 13.4. The Bertz CT molecular complexity index is 1490. The number of aromatic nitrogens is 3. The Morgan fingerprint density at radius 1 is 0.565 bits per heavy atom. The van der Waals surface area contributed by atoms with E-state index in [-0.39, 0.29) is 0 Å². The third kappa shape index (κ3) is 9.88. The molecule has 46 heavy (non-hydrogen) atoms. The molecule has 0 spiro atoms. The van der Waals surface area contributed by atoms with Crippen LogP contribution in [-0.4, -0.2) is 28.2 Å². The Labute approximate surface area is 278 Å². The summed E-state index contributed by atoms with van der Waals surface area (Å²) in [6.07, 6.45) is 9.52. The molecular weight excluding hydrogens is 566 g/mol. The minimum absolute atomic E-state index is 0.605. The van der Waals surface area contributed by atoms with Crippen LogP contribution in [-0.2, 0) is 0 Å². The summed E-state index contributed by atoms with van der Waals surface area (Å²) in [5, 5.41) is 0. The molecule has 1 atom stereocenters. The number of benzene rings is 3. The molecule has 0 aliphatic heterocycles. The predicted molar refractivity (Wildman–Crippen MR) is 193 cm³/mol. The van der Waals surface area contributed by atoms with Crippen LogP contribution in [0.1, 0.15) is 101 Å². The molecule has 0 radical (unpaired) electrons. The maximum Gasteiger partial charge on any atom is 0.167 e. The van der Waals surface area contributed by atoms with Crippen LogP contribution >= 0.6 is 0 Å². The van der Waals surface area contributed by atoms with Gasteiger partial charge in [-0.3, -0.25) is 0 Å². The van der Waals surface area contributed by atoms with Crippen molar-refractivity contribution in [1.29, 1.82) is 0 Å². The van der Waals surface area contributed by atoms with Gasteiger partial charge in [0, 0.05) is 17.2 Å². The van der Waals surface area contributed by atoms with E-state index >= 15 is 0 Å². The molecule has 0 saturated carbocycles. The zero-order valence-corrected chi connectivity index (χ0v) is 29.6. The van der Waals surface area contributed by atoms with Crippen LogP contribution in [0.5, 0.6) is 11.5 Å². The Morgan fingerprint density at radius 2 is 1.09 bits per heavy atom. The third-order valence-corrected chi connectivity index (χ3v) is 9.04. The summed E-state index contributed by atoms with van der Waals surface area (Å²) < 4.78 is 12.8. The third-order valence-electron chi connectivity index (χ3n) is 9.04. The van der Waals surface area contributed by atoms with Crippen molar-refractivity contribution in [1.82, 2.24) is 15.0 Å². The molecule has 0 aliphatic carbocycles. The quantitative estimate of drug-likeness (QED) is 0.110. The monoisotopic (exact) mass is 621 g/mol. The van der Waals surface area contributed by atoms with Gasteiger partial charge in [-0.1, -0.05) is 107 Å². The van der Waals surface area contributed by atoms with Crippen LogP contribution in [0.3, 0.4) is 0 Å². The highest BCUT2D eigenvalue weighted by atomic mass is 16.5. The first-order valence-electron chi connectivity index (χ1n) is 17.5. The van der Waals surface area contributed by atoms with E-state index in [1.165, 1.54) is 43.2 Å². The van der Waals surface area contributed by atoms with Gasteiger partial charge in [-0.25, -0.2) is 15.0 Å². The van der Waals surface area contributed by atoms with Gasteiger partial charge >= 0.3 is 0 Å². The first-order valence-corrected chi connectivity index (χ1v) is 17.5. The van der Waals surface area contributed by atoms with E-state index in [0.29, 0.717) is 42.5 Å². The molecule has 0 aliphatic rings. The van der Waals surface area contributed by atoms with Crippen molar-refractivity contribution in [2.24, 2.45) is 11.8 Å². The zero-order valence-electron chi connectivity index (χ0n) is 29.6. The number of ether oxygens (including phenoxy) is 2. The number of hydrogen-bond acceptors (Lipinski definition) is 5. The minimum atomic E-state index is 0.605. The molecule has 1 heterocycles. The molecule has 0 saturated heterocycles. The van der Waals surface area contributed by atoms with Gasteiger partial charge in [0.1, 0.15) is 11.5 Å². The number of unbranched alkanes of at least 4 members (excludes halogenated alkanes) is 5. The molecule has 0 fully saturated rings. The average Bonchev–Trinajstić information content (AvgIpc) is 3.02. The number of hydrogen-bond donors (Lipinski definition) is 0. The highest BCUT2D eigenvalue weighted by molar-refractivity contribution is 5.72. The SMILES string of the molecule is CCCCCCCCOc1ccc(-c2nc(-c3ccc(C)cc3C)nc(-c3ccc(C)cc3C)n2)c(OCCCC(C)C(C)C)c1. The summed E-state index contributed by atoms with van der Waals surface area (Å²) >= 11 is 0. The Hall–Kier alpha value is -3.73. The van der Waals surface area contributed by atoms with Crippen LogP contribution in [0, 0.1) is 39.5 Å². The number of aryl methyl sites for hydroxylation is 4. The van der Waals surface area contributed by atoms with Crippen molar-refractivity contribution in [3.05, 3.63) is 76.9 Å². The van der Waals surface area contributed by atoms with E-state index in [9.17, 15) is 0 Å². The summed E-state index contributed by atoms with van der Waals surface area (Å²) in [7, 11) is 0. The standard InChI is InChI=1S/C41H55N3O2/c1-9-10-11-12-13-14-23-45-34-19-22-37(38(27-34)46-24-15-16-31(6)28(2)3)41-43-39(35-20-17-29(4)25-32(35)7)42-40(44-41)36-21-18-30(5)26-33(36)8/h17-22,25-28,31H,9-16,23-24H2,1-8H3. The molecule has 1 unspecified atom stereocenters. The normalized spacial score (nSPS) is 12.0. The van der Waals surface area contributed by atoms with Crippen LogP contribution in [0.15, 0.2) is 54.6 Å². The highest BCUT2D eigenvalue weighted by Crippen LogP contribution is 2.35. The largest absolute Gasteiger partial charge is 0.493 e. The van der Waals surface area contributed by atoms with Crippen molar-refractivity contribution in [2.75, 3.05) is 13.2 Å². The van der Waals surface area contributed by atoms with Crippen LogP contribution < -0.4 is 9.47 Å². The van der Waals surface area contributed by atoms with Gasteiger partial charge in [-0.05, 0) is 82.1 Å². The van der Waals surface area contributed by atoms with Gasteiger partial charge in [0.05, 0.1) is 18.8 Å². The molecule has 3 aromatic carbocycles. The topological polar surface area (TPSA) is 57.1 Å². The average molecular weight is 622 g/mol. The summed E-state index contributed by atoms with van der Waals surface area (Å²) in [5.74, 6) is 4.82. The fraction of sp³-hybridized carbons (Fsp3) is 0.488. The summed E-state index contributed by atoms with van der Waals surface area (Å²) in [4.78, 5) is 15.2. The van der Waals surface area contributed by atoms with Crippen LogP contribution in [0.25, 0.3) is 34.2 Å². The van der Waals surface area contributed by atoms with Gasteiger partial charge in [0.25, 0.3) is 0 Å². The summed E-state index contributed by atoms with van der Waals surface area (Å²) in [6.45, 7) is 18.9. The summed E-state index contributed by atoms with van der Waals surface area (Å²) in [6, 6.07) is 18.9. The second kappa shape index (κ2) is 17.3. The van der Waals surface area contributed by atoms with E-state index < -0.39 is 0 Å². The molecule has 246 valence electrons. The van der Waals surface area contributed by atoms with E-state index in [4.69, 9.17) is 24.4 Å². The van der Waals surface area contributed by atoms with Gasteiger partial charge in [0.15, 0.2) is 17.5 Å². The van der Waals surface area contributed by atoms with E-state index in [2.05, 4.69) is 97.9 Å². The van der Waals surface area contributed by atoms with Gasteiger partial charge < -0.3 is 9.47 Å². The maximum absolute atomic E-state index is 6.52. The lowest BCUT2D eigenvalue weighted by Crippen LogP contribution is -2.08. The van der Waals surface area contributed by atoms with Crippen molar-refractivity contribution in [3.63, 3.8) is 0 Å². The lowest BCUT2D eigenvalue weighted by atomic mass is 9.93. The number of rotatable bonds is 17. The fourth-order valence-electron chi connectivity index (χ4n) is 5.76. The Morgan fingerprint density at radius 3 is 1.65 bits per heavy atom. The Balaban J connectivity index is 1.71. The molecule has 1 aromatic heterocycles. The van der Waals surface area contributed by atoms with Crippen molar-refractivity contribution in [2.45, 2.75) is 107 Å². The smallest absolute Gasteiger partial charge is 0.167 e. The van der Waals surface area contributed by atoms with E-state index in [0.717, 1.165) is 58.6 Å². The van der Waals surface area contributed by atoms with Gasteiger partial charge in [-0.15, -0.1) is 0 Å². The van der Waals surface area contributed by atoms with Crippen molar-refractivity contribution >= 4 is 0 Å². The fourth-order valence-corrected chi connectivity index (χ4v) is 5.76.